The van der Waals surface area contributed by atoms with Gasteiger partial charge >= 0.3 is 6.18 Å². The summed E-state index contributed by atoms with van der Waals surface area (Å²) in [6.07, 6.45) is -4.06. The maximum absolute atomic E-state index is 15.4. The van der Waals surface area contributed by atoms with Gasteiger partial charge in [-0.2, -0.15) is 23.8 Å². The Bertz CT molecular complexity index is 1270. The number of hydroxylamine groups is 1. The van der Waals surface area contributed by atoms with Gasteiger partial charge in [0.1, 0.15) is 0 Å². The van der Waals surface area contributed by atoms with E-state index < -0.39 is 34.0 Å². The molecule has 5 rings (SSSR count). The summed E-state index contributed by atoms with van der Waals surface area (Å²) < 4.78 is 77.0. The van der Waals surface area contributed by atoms with E-state index in [0.717, 1.165) is 18.2 Å². The molecule has 2 saturated heterocycles. The van der Waals surface area contributed by atoms with E-state index in [0.29, 0.717) is 5.56 Å². The number of carbonyl (C=O) groups excluding carboxylic acids is 1. The first-order valence-electron chi connectivity index (χ1n) is 10.8. The summed E-state index contributed by atoms with van der Waals surface area (Å²) in [5.74, 6) is -0.848. The lowest BCUT2D eigenvalue weighted by molar-refractivity contribution is -0.269. The number of benzene rings is 2. The van der Waals surface area contributed by atoms with Crippen molar-refractivity contribution in [1.29, 1.82) is 0 Å². The Morgan fingerprint density at radius 1 is 1.05 bits per heavy atom. The molecule has 0 bridgehead atoms. The third-order valence-electron chi connectivity index (χ3n) is 6.70. The minimum Gasteiger partial charge on any atom is -0.335 e. The molecule has 2 aromatic rings. The highest BCUT2D eigenvalue weighted by molar-refractivity contribution is 8.25. The Morgan fingerprint density at radius 3 is 2.14 bits per heavy atom. The van der Waals surface area contributed by atoms with Crippen molar-refractivity contribution in [2.75, 3.05) is 24.6 Å². The zero-order chi connectivity index (χ0) is 27.0. The van der Waals surface area contributed by atoms with Crippen LogP contribution in [0.3, 0.4) is 0 Å². The Balaban J connectivity index is 1.35. The Labute approximate surface area is 225 Å². The lowest BCUT2D eigenvalue weighted by atomic mass is 9.86. The Hall–Kier alpha value is -1.73. The summed E-state index contributed by atoms with van der Waals surface area (Å²) >= 11 is 17.8. The second-order valence-corrected chi connectivity index (χ2v) is 12.8. The van der Waals surface area contributed by atoms with Crippen molar-refractivity contribution in [1.82, 2.24) is 10.4 Å². The first kappa shape index (κ1) is 26.9. The molecule has 0 aliphatic carbocycles. The van der Waals surface area contributed by atoms with Gasteiger partial charge < -0.3 is 4.90 Å². The minimum atomic E-state index is -4.90. The SMILES string of the molecule is O=C(C1CS(O)(O)C1)N1CC(F)(c2ccc(C3=CC(c4cc(Cl)c(Cl)c(Cl)c4)(C(F)(F)F)ON3)cc2)C1. The highest BCUT2D eigenvalue weighted by atomic mass is 35.5. The van der Waals surface area contributed by atoms with Crippen LogP contribution in [-0.4, -0.2) is 50.7 Å². The summed E-state index contributed by atoms with van der Waals surface area (Å²) in [5.41, 5.74) is -2.25. The fraction of sp³-hybridized carbons (Fsp3) is 0.348. The number of nitrogens with one attached hydrogen (secondary N) is 1. The van der Waals surface area contributed by atoms with Crippen LogP contribution in [0.5, 0.6) is 0 Å². The first-order chi connectivity index (χ1) is 17.1. The number of likely N-dealkylation sites (tertiary alicyclic amines) is 1. The molecular formula is C23H19Cl3F4N2O4S. The van der Waals surface area contributed by atoms with Crippen LogP contribution >= 0.6 is 45.4 Å². The zero-order valence-corrected chi connectivity index (χ0v) is 21.7. The fourth-order valence-corrected chi connectivity index (χ4v) is 6.67. The summed E-state index contributed by atoms with van der Waals surface area (Å²) in [7, 11) is -2.68. The topological polar surface area (TPSA) is 82.0 Å². The third-order valence-corrected chi connectivity index (χ3v) is 9.77. The van der Waals surface area contributed by atoms with Crippen LogP contribution < -0.4 is 5.48 Å². The summed E-state index contributed by atoms with van der Waals surface area (Å²) in [6, 6.07) is 7.80. The van der Waals surface area contributed by atoms with Gasteiger partial charge in [0.05, 0.1) is 51.3 Å². The summed E-state index contributed by atoms with van der Waals surface area (Å²) in [6.45, 7) is -0.388. The maximum Gasteiger partial charge on any atom is 0.428 e. The predicted octanol–water partition coefficient (Wildman–Crippen LogP) is 6.37. The molecule has 37 heavy (non-hydrogen) atoms. The molecule has 2 aromatic carbocycles. The number of halogens is 7. The van der Waals surface area contributed by atoms with Gasteiger partial charge in [-0.05, 0) is 29.3 Å². The number of hydrogen-bond donors (Lipinski definition) is 3. The quantitative estimate of drug-likeness (QED) is 0.280. The highest BCUT2D eigenvalue weighted by Gasteiger charge is 2.60. The van der Waals surface area contributed by atoms with Gasteiger partial charge in [-0.3, -0.25) is 24.2 Å². The Kier molecular flexibility index (Phi) is 6.46. The predicted molar refractivity (Wildman–Crippen MR) is 133 cm³/mol. The van der Waals surface area contributed by atoms with E-state index in [-0.39, 0.29) is 62.4 Å². The second kappa shape index (κ2) is 8.90. The van der Waals surface area contributed by atoms with Crippen molar-refractivity contribution in [2.24, 2.45) is 5.92 Å². The maximum atomic E-state index is 15.4. The molecule has 1 atom stereocenters. The van der Waals surface area contributed by atoms with E-state index >= 15 is 4.39 Å². The van der Waals surface area contributed by atoms with Crippen molar-refractivity contribution in [3.8, 4) is 0 Å². The minimum absolute atomic E-state index is 0.00561. The molecule has 0 saturated carbocycles. The van der Waals surface area contributed by atoms with Gasteiger partial charge in [0, 0.05) is 5.56 Å². The van der Waals surface area contributed by atoms with Crippen molar-refractivity contribution in [2.45, 2.75) is 17.4 Å². The van der Waals surface area contributed by atoms with E-state index in [1.807, 2.05) is 0 Å². The lowest BCUT2D eigenvalue weighted by Gasteiger charge is -2.51. The molecule has 0 spiro atoms. The van der Waals surface area contributed by atoms with E-state index in [1.54, 1.807) is 0 Å². The van der Waals surface area contributed by atoms with Crippen molar-refractivity contribution >= 4 is 57.0 Å². The molecule has 0 aromatic heterocycles. The van der Waals surface area contributed by atoms with Crippen LogP contribution in [-0.2, 0) is 20.9 Å². The first-order valence-corrected chi connectivity index (χ1v) is 13.9. The average Bonchev–Trinajstić information content (AvgIpc) is 3.25. The molecule has 14 heteroatoms. The van der Waals surface area contributed by atoms with Gasteiger partial charge in [-0.25, -0.2) is 4.39 Å². The summed E-state index contributed by atoms with van der Waals surface area (Å²) in [4.78, 5) is 18.7. The van der Waals surface area contributed by atoms with Gasteiger partial charge in [-0.1, -0.05) is 59.1 Å². The lowest BCUT2D eigenvalue weighted by Crippen LogP contribution is -2.62. The third kappa shape index (κ3) is 4.58. The molecule has 3 heterocycles. The van der Waals surface area contributed by atoms with E-state index in [2.05, 4.69) is 5.48 Å². The van der Waals surface area contributed by atoms with Gasteiger partial charge in [0.2, 0.25) is 11.5 Å². The average molecular weight is 602 g/mol. The van der Waals surface area contributed by atoms with E-state index in [1.165, 1.54) is 29.2 Å². The summed E-state index contributed by atoms with van der Waals surface area (Å²) in [5, 5.41) is -0.431. The van der Waals surface area contributed by atoms with E-state index in [4.69, 9.17) is 39.6 Å². The molecule has 3 N–H and O–H groups in total. The number of nitrogens with zero attached hydrogens (tertiary/aromatic N) is 1. The standard InChI is InChI=1S/C23H19Cl3F4N2O4S/c24-16-5-15(6-17(25)19(16)26)22(23(28,29)30)7-18(31-36-22)12-1-3-14(4-2-12)21(27)10-32(11-21)20(33)13-8-37(34,35)9-13/h1-7,13,31,34-35H,8-11H2. The van der Waals surface area contributed by atoms with Crippen molar-refractivity contribution in [3.63, 3.8) is 0 Å². The van der Waals surface area contributed by atoms with Crippen LogP contribution in [0.25, 0.3) is 5.70 Å². The second-order valence-electron chi connectivity index (χ2n) is 9.32. The number of alkyl halides is 4. The number of carbonyl (C=O) groups is 1. The molecule has 1 unspecified atom stereocenters. The fourth-order valence-electron chi connectivity index (χ4n) is 4.60. The number of amides is 1. The van der Waals surface area contributed by atoms with Crippen molar-refractivity contribution < 1.29 is 36.3 Å². The molecular weight excluding hydrogens is 583 g/mol. The molecule has 3 aliphatic rings. The van der Waals surface area contributed by atoms with Crippen molar-refractivity contribution in [3.05, 3.63) is 74.2 Å². The van der Waals surface area contributed by atoms with Crippen LogP contribution in [0.15, 0.2) is 42.5 Å². The normalized spacial score (nSPS) is 25.5. The van der Waals surface area contributed by atoms with Gasteiger partial charge in [-0.15, -0.1) is 0 Å². The molecule has 1 amide bonds. The molecule has 6 nitrogen and oxygen atoms in total. The van der Waals surface area contributed by atoms with Gasteiger partial charge in [0.25, 0.3) is 0 Å². The van der Waals surface area contributed by atoms with Crippen LogP contribution in [0.2, 0.25) is 15.1 Å². The monoisotopic (exact) mass is 600 g/mol. The van der Waals surface area contributed by atoms with Gasteiger partial charge in [0.15, 0.2) is 5.67 Å². The molecule has 3 aliphatic heterocycles. The molecule has 0 radical (unpaired) electrons. The number of hydrogen-bond acceptors (Lipinski definition) is 5. The molecule has 200 valence electrons. The highest BCUT2D eigenvalue weighted by Crippen LogP contribution is 2.53. The zero-order valence-electron chi connectivity index (χ0n) is 18.7. The Morgan fingerprint density at radius 2 is 1.62 bits per heavy atom. The van der Waals surface area contributed by atoms with E-state index in [9.17, 15) is 27.1 Å². The van der Waals surface area contributed by atoms with Crippen LogP contribution in [0.4, 0.5) is 17.6 Å². The molecule has 2 fully saturated rings. The smallest absolute Gasteiger partial charge is 0.335 e. The number of rotatable bonds is 4. The largest absolute Gasteiger partial charge is 0.428 e. The van der Waals surface area contributed by atoms with Crippen LogP contribution in [0.1, 0.15) is 16.7 Å². The van der Waals surface area contributed by atoms with Crippen LogP contribution in [0, 0.1) is 5.92 Å².